The minimum atomic E-state index is -0.202. The Kier molecular flexibility index (Phi) is 3.33. The van der Waals surface area contributed by atoms with E-state index in [2.05, 4.69) is 15.5 Å². The first-order valence-electron chi connectivity index (χ1n) is 6.47. The van der Waals surface area contributed by atoms with E-state index in [0.717, 1.165) is 24.4 Å². The summed E-state index contributed by atoms with van der Waals surface area (Å²) in [5.74, 6) is 0. The van der Waals surface area contributed by atoms with Gasteiger partial charge in [-0.1, -0.05) is 31.0 Å². The smallest absolute Gasteiger partial charge is 0.209 e. The van der Waals surface area contributed by atoms with E-state index in [-0.39, 0.29) is 11.4 Å². The molecule has 2 atom stereocenters. The molecular weight excluding hydrogens is 236 g/mol. The summed E-state index contributed by atoms with van der Waals surface area (Å²) in [5, 5.41) is 23.1. The summed E-state index contributed by atoms with van der Waals surface area (Å²) in [7, 11) is 0. The molecule has 94 valence electrons. The molecule has 0 radical (unpaired) electrons. The highest BCUT2D eigenvalue weighted by Crippen LogP contribution is 2.39. The van der Waals surface area contributed by atoms with E-state index in [0.29, 0.717) is 6.04 Å². The van der Waals surface area contributed by atoms with Crippen LogP contribution in [0.1, 0.15) is 51.0 Å². The average Bonchev–Trinajstić information content (AvgIpc) is 3.09. The molecule has 1 aromatic rings. The van der Waals surface area contributed by atoms with Crippen LogP contribution in [0, 0.1) is 0 Å². The molecule has 0 saturated heterocycles. The fourth-order valence-electron chi connectivity index (χ4n) is 2.34. The fraction of sp³-hybridized carbons (Fsp3) is 0.909. The predicted molar refractivity (Wildman–Crippen MR) is 64.8 cm³/mol. The van der Waals surface area contributed by atoms with E-state index in [9.17, 15) is 5.11 Å². The predicted octanol–water partition coefficient (Wildman–Crippen LogP) is 1.79. The Hall–Kier alpha value is -0.620. The van der Waals surface area contributed by atoms with Crippen molar-refractivity contribution in [2.75, 3.05) is 0 Å². The van der Waals surface area contributed by atoms with Crippen molar-refractivity contribution in [3.63, 3.8) is 0 Å². The maximum atomic E-state index is 10.1. The van der Waals surface area contributed by atoms with Crippen molar-refractivity contribution in [2.45, 2.75) is 67.5 Å². The lowest BCUT2D eigenvalue weighted by Gasteiger charge is -2.18. The molecule has 2 fully saturated rings. The van der Waals surface area contributed by atoms with Gasteiger partial charge in [-0.3, -0.25) is 0 Å². The van der Waals surface area contributed by atoms with Gasteiger partial charge in [0.25, 0.3) is 0 Å². The Morgan fingerprint density at radius 3 is 2.76 bits per heavy atom. The second kappa shape index (κ2) is 4.94. The molecule has 0 amide bonds. The molecule has 6 heteroatoms. The van der Waals surface area contributed by atoms with E-state index in [1.807, 2.05) is 4.68 Å². The van der Waals surface area contributed by atoms with Gasteiger partial charge >= 0.3 is 0 Å². The number of rotatable bonds is 3. The van der Waals surface area contributed by atoms with Crippen molar-refractivity contribution in [1.29, 1.82) is 0 Å². The first kappa shape index (κ1) is 11.5. The molecule has 3 rings (SSSR count). The molecule has 1 N–H and O–H groups in total. The van der Waals surface area contributed by atoms with Gasteiger partial charge in [0.2, 0.25) is 5.16 Å². The maximum absolute atomic E-state index is 10.1. The number of hydrogen-bond acceptors (Lipinski definition) is 5. The monoisotopic (exact) mass is 254 g/mol. The van der Waals surface area contributed by atoms with Crippen molar-refractivity contribution >= 4 is 11.8 Å². The summed E-state index contributed by atoms with van der Waals surface area (Å²) in [5.41, 5.74) is 0. The minimum absolute atomic E-state index is 0.202. The highest BCUT2D eigenvalue weighted by molar-refractivity contribution is 7.99. The topological polar surface area (TPSA) is 63.8 Å². The number of tetrazole rings is 1. The molecule has 5 nitrogen and oxygen atoms in total. The highest BCUT2D eigenvalue weighted by Gasteiger charge is 2.30. The molecule has 2 aliphatic carbocycles. The van der Waals surface area contributed by atoms with Gasteiger partial charge < -0.3 is 5.11 Å². The van der Waals surface area contributed by atoms with E-state index in [4.69, 9.17) is 0 Å². The lowest BCUT2D eigenvalue weighted by molar-refractivity contribution is 0.163. The Labute approximate surface area is 105 Å². The molecule has 0 aliphatic heterocycles. The van der Waals surface area contributed by atoms with E-state index in [1.165, 1.54) is 25.7 Å². The van der Waals surface area contributed by atoms with Crippen LogP contribution < -0.4 is 0 Å². The summed E-state index contributed by atoms with van der Waals surface area (Å²) < 4.78 is 1.93. The van der Waals surface area contributed by atoms with Crippen molar-refractivity contribution in [3.05, 3.63) is 0 Å². The van der Waals surface area contributed by atoms with Crippen LogP contribution >= 0.6 is 11.8 Å². The van der Waals surface area contributed by atoms with Crippen LogP contribution in [-0.2, 0) is 0 Å². The molecule has 17 heavy (non-hydrogen) atoms. The van der Waals surface area contributed by atoms with E-state index < -0.39 is 0 Å². The maximum Gasteiger partial charge on any atom is 0.209 e. The van der Waals surface area contributed by atoms with Crippen LogP contribution in [0.3, 0.4) is 0 Å². The second-order valence-corrected chi connectivity index (χ2v) is 6.21. The molecule has 1 aromatic heterocycles. The molecule has 0 aromatic carbocycles. The number of hydrogen-bond donors (Lipinski definition) is 1. The SMILES string of the molecule is OC1CCCCCC1Sc1nnnn1C1CC1. The summed E-state index contributed by atoms with van der Waals surface area (Å²) in [6.45, 7) is 0. The standard InChI is InChI=1S/C11H18N4OS/c16-9-4-2-1-3-5-10(9)17-11-12-13-14-15(11)8-6-7-8/h8-10,16H,1-7H2. The van der Waals surface area contributed by atoms with Gasteiger partial charge in [0.05, 0.1) is 12.1 Å². The zero-order valence-electron chi connectivity index (χ0n) is 9.83. The van der Waals surface area contributed by atoms with Crippen LogP contribution in [-0.4, -0.2) is 36.7 Å². The van der Waals surface area contributed by atoms with Gasteiger partial charge in [0.15, 0.2) is 0 Å². The first-order chi connectivity index (χ1) is 8.34. The summed E-state index contributed by atoms with van der Waals surface area (Å²) in [6, 6.07) is 0.510. The third-order valence-corrected chi connectivity index (χ3v) is 4.86. The third kappa shape index (κ3) is 2.63. The first-order valence-corrected chi connectivity index (χ1v) is 7.35. The van der Waals surface area contributed by atoms with Crippen LogP contribution in [0.5, 0.6) is 0 Å². The lowest BCUT2D eigenvalue weighted by Crippen LogP contribution is -2.21. The van der Waals surface area contributed by atoms with E-state index in [1.54, 1.807) is 11.8 Å². The second-order valence-electron chi connectivity index (χ2n) is 5.00. The molecule has 0 bridgehead atoms. The van der Waals surface area contributed by atoms with Gasteiger partial charge in [-0.05, 0) is 36.1 Å². The highest BCUT2D eigenvalue weighted by atomic mass is 32.2. The van der Waals surface area contributed by atoms with Crippen molar-refractivity contribution in [2.24, 2.45) is 0 Å². The van der Waals surface area contributed by atoms with Crippen LogP contribution in [0.2, 0.25) is 0 Å². The Morgan fingerprint density at radius 1 is 1.12 bits per heavy atom. The molecule has 2 aliphatic rings. The largest absolute Gasteiger partial charge is 0.392 e. The number of aliphatic hydroxyl groups is 1. The van der Waals surface area contributed by atoms with E-state index >= 15 is 0 Å². The fourth-order valence-corrected chi connectivity index (χ4v) is 3.56. The van der Waals surface area contributed by atoms with Crippen molar-refractivity contribution in [3.8, 4) is 0 Å². The van der Waals surface area contributed by atoms with Gasteiger partial charge in [-0.25, -0.2) is 4.68 Å². The van der Waals surface area contributed by atoms with Crippen molar-refractivity contribution in [1.82, 2.24) is 20.2 Å². The number of aromatic nitrogens is 4. The Morgan fingerprint density at radius 2 is 1.94 bits per heavy atom. The van der Waals surface area contributed by atoms with Gasteiger partial charge in [0.1, 0.15) is 0 Å². The summed E-state index contributed by atoms with van der Waals surface area (Å²) in [4.78, 5) is 0. The van der Waals surface area contributed by atoms with Crippen LogP contribution in [0.25, 0.3) is 0 Å². The van der Waals surface area contributed by atoms with Crippen LogP contribution in [0.4, 0.5) is 0 Å². The summed E-state index contributed by atoms with van der Waals surface area (Å²) in [6.07, 6.45) is 7.75. The lowest BCUT2D eigenvalue weighted by atomic mass is 10.1. The number of thioether (sulfide) groups is 1. The molecule has 1 heterocycles. The van der Waals surface area contributed by atoms with Gasteiger partial charge in [0, 0.05) is 5.25 Å². The number of aliphatic hydroxyl groups excluding tert-OH is 1. The van der Waals surface area contributed by atoms with Gasteiger partial charge in [-0.15, -0.1) is 5.10 Å². The Bertz CT molecular complexity index is 379. The zero-order chi connectivity index (χ0) is 11.7. The molecule has 2 unspecified atom stereocenters. The number of nitrogens with zero attached hydrogens (tertiary/aromatic N) is 4. The Balaban J connectivity index is 1.69. The molecule has 2 saturated carbocycles. The van der Waals surface area contributed by atoms with Gasteiger partial charge in [-0.2, -0.15) is 0 Å². The minimum Gasteiger partial charge on any atom is -0.392 e. The average molecular weight is 254 g/mol. The van der Waals surface area contributed by atoms with Crippen molar-refractivity contribution < 1.29 is 5.11 Å². The third-order valence-electron chi connectivity index (χ3n) is 3.53. The summed E-state index contributed by atoms with van der Waals surface area (Å²) >= 11 is 1.66. The molecule has 0 spiro atoms. The normalized spacial score (nSPS) is 30.2. The quantitative estimate of drug-likeness (QED) is 0.833. The zero-order valence-corrected chi connectivity index (χ0v) is 10.6. The van der Waals surface area contributed by atoms with Crippen LogP contribution in [0.15, 0.2) is 5.16 Å². The molecular formula is C11H18N4OS.